The predicted octanol–water partition coefficient (Wildman–Crippen LogP) is 2.53. The van der Waals surface area contributed by atoms with Crippen molar-refractivity contribution < 1.29 is 24.6 Å². The third kappa shape index (κ3) is 3.24. The first-order valence-electron chi connectivity index (χ1n) is 7.06. The van der Waals surface area contributed by atoms with E-state index in [-0.39, 0.29) is 22.6 Å². The van der Waals surface area contributed by atoms with Crippen molar-refractivity contribution in [3.8, 4) is 11.5 Å². The van der Waals surface area contributed by atoms with E-state index in [1.165, 1.54) is 12.1 Å². The minimum atomic E-state index is -0.865. The van der Waals surface area contributed by atoms with Gasteiger partial charge in [0.2, 0.25) is 0 Å². The van der Waals surface area contributed by atoms with Gasteiger partial charge < -0.3 is 10.2 Å². The zero-order valence-corrected chi connectivity index (χ0v) is 14.1. The number of urea groups is 1. The number of amides is 4. The van der Waals surface area contributed by atoms with E-state index >= 15 is 0 Å². The van der Waals surface area contributed by atoms with Crippen molar-refractivity contribution in [2.24, 2.45) is 0 Å². The van der Waals surface area contributed by atoms with Crippen LogP contribution in [-0.4, -0.2) is 28.1 Å². The number of nitrogens with one attached hydrogen (secondary N) is 1. The van der Waals surface area contributed by atoms with Gasteiger partial charge in [-0.25, -0.2) is 9.69 Å². The SMILES string of the molecule is O=C1NC(=O)N(c2ccc(Br)cc2)C(=O)C1=Cc1ccc(O)cc1O. The average Bonchev–Trinajstić information content (AvgIpc) is 2.55. The van der Waals surface area contributed by atoms with E-state index in [1.807, 2.05) is 0 Å². The molecule has 126 valence electrons. The number of nitrogens with zero attached hydrogens (tertiary/aromatic N) is 1. The summed E-state index contributed by atoms with van der Waals surface area (Å²) in [6, 6.07) is 9.27. The minimum Gasteiger partial charge on any atom is -0.508 e. The molecule has 0 bridgehead atoms. The molecule has 2 aromatic rings. The van der Waals surface area contributed by atoms with Crippen molar-refractivity contribution in [1.82, 2.24) is 5.32 Å². The number of benzene rings is 2. The summed E-state index contributed by atoms with van der Waals surface area (Å²) in [5.74, 6) is -2.15. The van der Waals surface area contributed by atoms with Crippen LogP contribution in [0.25, 0.3) is 6.08 Å². The molecule has 0 spiro atoms. The Labute approximate surface area is 150 Å². The molecule has 2 aromatic carbocycles. The summed E-state index contributed by atoms with van der Waals surface area (Å²) in [6.45, 7) is 0. The Morgan fingerprint density at radius 2 is 1.68 bits per heavy atom. The van der Waals surface area contributed by atoms with Gasteiger partial charge >= 0.3 is 6.03 Å². The van der Waals surface area contributed by atoms with Gasteiger partial charge in [-0.3, -0.25) is 14.9 Å². The molecule has 25 heavy (non-hydrogen) atoms. The number of hydrogen-bond acceptors (Lipinski definition) is 5. The molecule has 1 aliphatic rings. The second-order valence-corrected chi connectivity index (χ2v) is 6.09. The van der Waals surface area contributed by atoms with Crippen molar-refractivity contribution in [2.75, 3.05) is 4.90 Å². The van der Waals surface area contributed by atoms with Gasteiger partial charge in [0.05, 0.1) is 5.69 Å². The lowest BCUT2D eigenvalue weighted by atomic mass is 10.1. The van der Waals surface area contributed by atoms with Crippen LogP contribution in [0.5, 0.6) is 11.5 Å². The van der Waals surface area contributed by atoms with E-state index in [0.29, 0.717) is 5.69 Å². The standard InChI is InChI=1S/C17H11BrN2O5/c18-10-2-4-11(5-3-10)20-16(24)13(15(23)19-17(20)25)7-9-1-6-12(21)8-14(9)22/h1-8,21-22H,(H,19,23,25). The number of phenols is 2. The van der Waals surface area contributed by atoms with E-state index < -0.39 is 17.8 Å². The molecule has 1 heterocycles. The fourth-order valence-electron chi connectivity index (χ4n) is 2.29. The molecular weight excluding hydrogens is 392 g/mol. The lowest BCUT2D eigenvalue weighted by Crippen LogP contribution is -2.54. The predicted molar refractivity (Wildman–Crippen MR) is 92.9 cm³/mol. The summed E-state index contributed by atoms with van der Waals surface area (Å²) >= 11 is 3.26. The van der Waals surface area contributed by atoms with Gasteiger partial charge in [-0.2, -0.15) is 0 Å². The van der Waals surface area contributed by atoms with E-state index in [1.54, 1.807) is 24.3 Å². The molecule has 0 saturated carbocycles. The molecule has 3 N–H and O–H groups in total. The van der Waals surface area contributed by atoms with E-state index in [9.17, 15) is 24.6 Å². The maximum Gasteiger partial charge on any atom is 0.335 e. The fourth-order valence-corrected chi connectivity index (χ4v) is 2.56. The smallest absolute Gasteiger partial charge is 0.335 e. The van der Waals surface area contributed by atoms with Gasteiger partial charge in [0, 0.05) is 16.1 Å². The van der Waals surface area contributed by atoms with Crippen molar-refractivity contribution >= 4 is 45.5 Å². The normalized spacial score (nSPS) is 16.3. The van der Waals surface area contributed by atoms with Crippen LogP contribution in [0.2, 0.25) is 0 Å². The number of carbonyl (C=O) groups excluding carboxylic acids is 3. The number of barbiturate groups is 1. The summed E-state index contributed by atoms with van der Waals surface area (Å²) < 4.78 is 0.766. The van der Waals surface area contributed by atoms with Gasteiger partial charge in [-0.05, 0) is 42.5 Å². The molecule has 0 unspecified atom stereocenters. The summed E-state index contributed by atoms with van der Waals surface area (Å²) in [7, 11) is 0. The Morgan fingerprint density at radius 1 is 1.00 bits per heavy atom. The molecule has 0 radical (unpaired) electrons. The zero-order valence-electron chi connectivity index (χ0n) is 12.6. The van der Waals surface area contributed by atoms with Gasteiger partial charge in [0.25, 0.3) is 11.8 Å². The van der Waals surface area contributed by atoms with E-state index in [2.05, 4.69) is 21.2 Å². The summed E-state index contributed by atoms with van der Waals surface area (Å²) in [4.78, 5) is 37.6. The highest BCUT2D eigenvalue weighted by Crippen LogP contribution is 2.27. The van der Waals surface area contributed by atoms with Gasteiger partial charge in [-0.15, -0.1) is 0 Å². The van der Waals surface area contributed by atoms with Crippen LogP contribution >= 0.6 is 15.9 Å². The van der Waals surface area contributed by atoms with Crippen LogP contribution in [0.3, 0.4) is 0 Å². The van der Waals surface area contributed by atoms with Crippen molar-refractivity contribution in [3.05, 3.63) is 58.1 Å². The van der Waals surface area contributed by atoms with Gasteiger partial charge in [0.15, 0.2) is 0 Å². The van der Waals surface area contributed by atoms with Crippen LogP contribution < -0.4 is 10.2 Å². The quantitative estimate of drug-likeness (QED) is 0.528. The van der Waals surface area contributed by atoms with Gasteiger partial charge in [-0.1, -0.05) is 15.9 Å². The first kappa shape index (κ1) is 16.7. The number of rotatable bonds is 2. The number of aromatic hydroxyl groups is 2. The molecule has 0 atom stereocenters. The number of carbonyl (C=O) groups is 3. The van der Waals surface area contributed by atoms with Crippen LogP contribution in [0.15, 0.2) is 52.5 Å². The lowest BCUT2D eigenvalue weighted by molar-refractivity contribution is -0.122. The van der Waals surface area contributed by atoms with Crippen LogP contribution in [0.4, 0.5) is 10.5 Å². The highest BCUT2D eigenvalue weighted by molar-refractivity contribution is 9.10. The Balaban J connectivity index is 2.03. The highest BCUT2D eigenvalue weighted by atomic mass is 79.9. The molecule has 1 aliphatic heterocycles. The Hall–Kier alpha value is -3.13. The zero-order chi connectivity index (χ0) is 18.1. The molecule has 1 saturated heterocycles. The third-order valence-corrected chi connectivity index (χ3v) is 4.03. The van der Waals surface area contributed by atoms with Crippen LogP contribution in [-0.2, 0) is 9.59 Å². The molecule has 7 nitrogen and oxygen atoms in total. The molecule has 0 aromatic heterocycles. The number of anilines is 1. The molecule has 4 amide bonds. The monoisotopic (exact) mass is 402 g/mol. The number of hydrogen-bond donors (Lipinski definition) is 3. The van der Waals surface area contributed by atoms with Crippen molar-refractivity contribution in [1.29, 1.82) is 0 Å². The largest absolute Gasteiger partial charge is 0.508 e. The summed E-state index contributed by atoms with van der Waals surface area (Å²) in [5.41, 5.74) is 0.129. The Bertz CT molecular complexity index is 921. The summed E-state index contributed by atoms with van der Waals surface area (Å²) in [5, 5.41) is 21.2. The molecule has 1 fully saturated rings. The van der Waals surface area contributed by atoms with Crippen molar-refractivity contribution in [2.45, 2.75) is 0 Å². The van der Waals surface area contributed by atoms with E-state index in [4.69, 9.17) is 0 Å². The maximum atomic E-state index is 12.6. The first-order valence-corrected chi connectivity index (χ1v) is 7.85. The molecule has 3 rings (SSSR count). The summed E-state index contributed by atoms with van der Waals surface area (Å²) in [6.07, 6.45) is 1.16. The minimum absolute atomic E-state index is 0.154. The fraction of sp³-hybridized carbons (Fsp3) is 0. The second-order valence-electron chi connectivity index (χ2n) is 5.18. The Kier molecular flexibility index (Phi) is 4.28. The average molecular weight is 403 g/mol. The third-order valence-electron chi connectivity index (χ3n) is 3.50. The topological polar surface area (TPSA) is 107 Å². The molecule has 0 aliphatic carbocycles. The number of imide groups is 2. The molecule has 8 heteroatoms. The van der Waals surface area contributed by atoms with Crippen molar-refractivity contribution in [3.63, 3.8) is 0 Å². The van der Waals surface area contributed by atoms with Crippen LogP contribution in [0, 0.1) is 0 Å². The number of halogens is 1. The Morgan fingerprint density at radius 3 is 2.32 bits per heavy atom. The highest BCUT2D eigenvalue weighted by Gasteiger charge is 2.36. The lowest BCUT2D eigenvalue weighted by Gasteiger charge is -2.26. The maximum absolute atomic E-state index is 12.6. The number of phenolic OH excluding ortho intramolecular Hbond substituents is 2. The molecular formula is C17H11BrN2O5. The first-order chi connectivity index (χ1) is 11.9. The van der Waals surface area contributed by atoms with Gasteiger partial charge in [0.1, 0.15) is 17.1 Å². The second kappa shape index (κ2) is 6.40. The van der Waals surface area contributed by atoms with E-state index in [0.717, 1.165) is 21.5 Å². The van der Waals surface area contributed by atoms with Crippen LogP contribution in [0.1, 0.15) is 5.56 Å².